The molecule has 2 aliphatic heterocycles. The molecule has 0 N–H and O–H groups in total. The van der Waals surface area contributed by atoms with E-state index in [1.165, 1.54) is 4.90 Å². The van der Waals surface area contributed by atoms with Crippen molar-refractivity contribution in [2.75, 3.05) is 0 Å². The fraction of sp³-hybridized carbons (Fsp3) is 0.179. The molecular weight excluding hydrogens is 428 g/mol. The fourth-order valence-electron chi connectivity index (χ4n) is 4.21. The van der Waals surface area contributed by atoms with Crippen LogP contribution in [0.1, 0.15) is 36.6 Å². The third kappa shape index (κ3) is 3.88. The van der Waals surface area contributed by atoms with Crippen LogP contribution in [-0.4, -0.2) is 34.9 Å². The number of hydrogen-bond donors (Lipinski definition) is 0. The second-order valence-corrected chi connectivity index (χ2v) is 8.42. The van der Waals surface area contributed by atoms with Crippen LogP contribution in [0.4, 0.5) is 0 Å². The standard InChI is InChI=1S/C28H24N2O4/c1-18(2)23(30-26(31)22-27(30)34-25(29-22)21-16-10-5-11-17-21)28(32)33-24(19-12-6-3-7-13-19)20-14-8-4-9-15-20/h3-17,22,24,27H,1-2H3. The van der Waals surface area contributed by atoms with E-state index in [1.807, 2.05) is 91.0 Å². The van der Waals surface area contributed by atoms with Gasteiger partial charge in [-0.15, -0.1) is 0 Å². The molecule has 2 unspecified atom stereocenters. The predicted octanol–water partition coefficient (Wildman–Crippen LogP) is 4.63. The van der Waals surface area contributed by atoms with Crippen molar-refractivity contribution in [2.24, 2.45) is 4.99 Å². The second-order valence-electron chi connectivity index (χ2n) is 8.42. The lowest BCUT2D eigenvalue weighted by Crippen LogP contribution is -2.63. The zero-order valence-corrected chi connectivity index (χ0v) is 18.9. The number of amides is 1. The van der Waals surface area contributed by atoms with Crippen LogP contribution in [0, 0.1) is 0 Å². The molecule has 3 aromatic rings. The van der Waals surface area contributed by atoms with Crippen molar-refractivity contribution in [1.82, 2.24) is 4.90 Å². The molecule has 3 aromatic carbocycles. The molecule has 0 radical (unpaired) electrons. The minimum Gasteiger partial charge on any atom is -0.450 e. The maximum atomic E-state index is 13.5. The van der Waals surface area contributed by atoms with Crippen molar-refractivity contribution < 1.29 is 19.1 Å². The summed E-state index contributed by atoms with van der Waals surface area (Å²) in [5.41, 5.74) is 3.32. The number of aliphatic imine (C=N–C) groups is 1. The first kappa shape index (κ1) is 21.6. The lowest BCUT2D eigenvalue weighted by molar-refractivity contribution is -0.165. The van der Waals surface area contributed by atoms with Gasteiger partial charge in [-0.1, -0.05) is 78.9 Å². The van der Waals surface area contributed by atoms with E-state index in [0.29, 0.717) is 11.5 Å². The number of likely N-dealkylation sites (tertiary alicyclic amines) is 1. The van der Waals surface area contributed by atoms with Crippen molar-refractivity contribution in [3.63, 3.8) is 0 Å². The SMILES string of the molecule is CC(C)=C(C(=O)OC(c1ccccc1)c1ccccc1)N1C(=O)C2N=C(c3ccccc3)OC21. The summed E-state index contributed by atoms with van der Waals surface area (Å²) >= 11 is 0. The Hall–Kier alpha value is -4.19. The third-order valence-corrected chi connectivity index (χ3v) is 5.86. The molecule has 6 heteroatoms. The van der Waals surface area contributed by atoms with Gasteiger partial charge in [0.15, 0.2) is 12.1 Å². The topological polar surface area (TPSA) is 68.2 Å². The maximum Gasteiger partial charge on any atom is 0.356 e. The number of esters is 1. The van der Waals surface area contributed by atoms with Gasteiger partial charge in [0, 0.05) is 5.56 Å². The Kier molecular flexibility index (Phi) is 5.72. The molecule has 2 heterocycles. The van der Waals surface area contributed by atoms with Crippen LogP contribution in [0.25, 0.3) is 0 Å². The van der Waals surface area contributed by atoms with E-state index in [9.17, 15) is 9.59 Å². The fourth-order valence-corrected chi connectivity index (χ4v) is 4.21. The van der Waals surface area contributed by atoms with Gasteiger partial charge in [0.05, 0.1) is 0 Å². The summed E-state index contributed by atoms with van der Waals surface area (Å²) in [4.78, 5) is 32.3. The summed E-state index contributed by atoms with van der Waals surface area (Å²) in [6.07, 6.45) is -1.27. The van der Waals surface area contributed by atoms with E-state index in [2.05, 4.69) is 4.99 Å². The number of β-lactam (4-membered cyclic amide) rings is 1. The summed E-state index contributed by atoms with van der Waals surface area (Å²) in [5.74, 6) is -0.458. The van der Waals surface area contributed by atoms with Crippen LogP contribution < -0.4 is 0 Å². The Morgan fingerprint density at radius 2 is 1.41 bits per heavy atom. The van der Waals surface area contributed by atoms with E-state index in [0.717, 1.165) is 16.7 Å². The number of hydrogen-bond acceptors (Lipinski definition) is 5. The van der Waals surface area contributed by atoms with E-state index in [4.69, 9.17) is 9.47 Å². The minimum atomic E-state index is -0.660. The van der Waals surface area contributed by atoms with Crippen LogP contribution >= 0.6 is 0 Å². The van der Waals surface area contributed by atoms with Crippen LogP contribution in [0.5, 0.6) is 0 Å². The molecule has 1 fully saturated rings. The molecular formula is C28H24N2O4. The average Bonchev–Trinajstić information content (AvgIpc) is 3.27. The minimum absolute atomic E-state index is 0.188. The summed E-state index contributed by atoms with van der Waals surface area (Å²) in [7, 11) is 0. The lowest BCUT2D eigenvalue weighted by Gasteiger charge is -2.41. The van der Waals surface area contributed by atoms with Gasteiger partial charge in [-0.3, -0.25) is 9.69 Å². The Morgan fingerprint density at radius 3 is 1.94 bits per heavy atom. The molecule has 0 saturated carbocycles. The van der Waals surface area contributed by atoms with Gasteiger partial charge in [-0.05, 0) is 42.7 Å². The zero-order chi connectivity index (χ0) is 23.7. The van der Waals surface area contributed by atoms with E-state index < -0.39 is 24.3 Å². The monoisotopic (exact) mass is 452 g/mol. The first-order valence-electron chi connectivity index (χ1n) is 11.2. The third-order valence-electron chi connectivity index (χ3n) is 5.86. The molecule has 1 amide bonds. The second kappa shape index (κ2) is 8.98. The highest BCUT2D eigenvalue weighted by Gasteiger charge is 2.56. The molecule has 34 heavy (non-hydrogen) atoms. The van der Waals surface area contributed by atoms with Gasteiger partial charge in [-0.25, -0.2) is 9.79 Å². The van der Waals surface area contributed by atoms with Crippen molar-refractivity contribution in [3.05, 3.63) is 119 Å². The number of nitrogens with zero attached hydrogens (tertiary/aromatic N) is 2. The van der Waals surface area contributed by atoms with Crippen LogP contribution in [0.15, 0.2) is 107 Å². The number of benzene rings is 3. The number of fused-ring (bicyclic) bond motifs is 1. The van der Waals surface area contributed by atoms with E-state index in [-0.39, 0.29) is 11.6 Å². The Morgan fingerprint density at radius 1 is 0.882 bits per heavy atom. The van der Waals surface area contributed by atoms with Crippen molar-refractivity contribution >= 4 is 17.8 Å². The Labute approximate surface area is 198 Å². The highest BCUT2D eigenvalue weighted by Crippen LogP contribution is 2.37. The van der Waals surface area contributed by atoms with Crippen LogP contribution in [0.2, 0.25) is 0 Å². The number of carbonyl (C=O) groups is 2. The van der Waals surface area contributed by atoms with Crippen molar-refractivity contribution in [3.8, 4) is 0 Å². The number of rotatable bonds is 6. The van der Waals surface area contributed by atoms with Gasteiger partial charge in [-0.2, -0.15) is 0 Å². The number of ether oxygens (including phenoxy) is 2. The first-order valence-corrected chi connectivity index (χ1v) is 11.2. The molecule has 0 bridgehead atoms. The van der Waals surface area contributed by atoms with Gasteiger partial charge in [0.2, 0.25) is 12.1 Å². The van der Waals surface area contributed by atoms with Crippen LogP contribution in [0.3, 0.4) is 0 Å². The van der Waals surface area contributed by atoms with Crippen LogP contribution in [-0.2, 0) is 19.1 Å². The highest BCUT2D eigenvalue weighted by molar-refractivity contribution is 6.05. The molecule has 170 valence electrons. The predicted molar refractivity (Wildman–Crippen MR) is 128 cm³/mol. The molecule has 0 aromatic heterocycles. The lowest BCUT2D eigenvalue weighted by atomic mass is 10.0. The molecule has 0 aliphatic carbocycles. The molecule has 5 rings (SSSR count). The van der Waals surface area contributed by atoms with E-state index in [1.54, 1.807) is 13.8 Å². The summed E-state index contributed by atoms with van der Waals surface area (Å²) in [5, 5.41) is 0. The maximum absolute atomic E-state index is 13.5. The largest absolute Gasteiger partial charge is 0.450 e. The highest BCUT2D eigenvalue weighted by atomic mass is 16.6. The van der Waals surface area contributed by atoms with Crippen molar-refractivity contribution in [2.45, 2.75) is 32.2 Å². The average molecular weight is 453 g/mol. The van der Waals surface area contributed by atoms with Gasteiger partial charge >= 0.3 is 5.97 Å². The van der Waals surface area contributed by atoms with Gasteiger partial charge < -0.3 is 9.47 Å². The van der Waals surface area contributed by atoms with Gasteiger partial charge in [0.25, 0.3) is 5.91 Å². The van der Waals surface area contributed by atoms with E-state index >= 15 is 0 Å². The molecule has 1 saturated heterocycles. The Bertz CT molecular complexity index is 1230. The summed E-state index contributed by atoms with van der Waals surface area (Å²) in [6, 6.07) is 27.8. The molecule has 2 atom stereocenters. The smallest absolute Gasteiger partial charge is 0.356 e. The first-order chi connectivity index (χ1) is 16.5. The summed E-state index contributed by atoms with van der Waals surface area (Å²) in [6.45, 7) is 3.57. The quantitative estimate of drug-likeness (QED) is 0.311. The molecule has 2 aliphatic rings. The molecule has 6 nitrogen and oxygen atoms in total. The zero-order valence-electron chi connectivity index (χ0n) is 18.9. The number of carbonyl (C=O) groups excluding carboxylic acids is 2. The van der Waals surface area contributed by atoms with Crippen molar-refractivity contribution in [1.29, 1.82) is 0 Å². The van der Waals surface area contributed by atoms with Gasteiger partial charge in [0.1, 0.15) is 5.70 Å². The Balaban J connectivity index is 1.40. The summed E-state index contributed by atoms with van der Waals surface area (Å²) < 4.78 is 12.0. The molecule has 0 spiro atoms. The normalized spacial score (nSPS) is 18.5. The number of allylic oxidation sites excluding steroid dienone is 1.